The third-order valence-electron chi connectivity index (χ3n) is 1.72. The van der Waals surface area contributed by atoms with Crippen molar-refractivity contribution in [2.75, 3.05) is 7.11 Å². The van der Waals surface area contributed by atoms with Gasteiger partial charge < -0.3 is 9.84 Å². The van der Waals surface area contributed by atoms with E-state index in [0.717, 1.165) is 0 Å². The predicted octanol–water partition coefficient (Wildman–Crippen LogP) is 1.35. The van der Waals surface area contributed by atoms with Gasteiger partial charge in [-0.15, -0.1) is 0 Å². The fraction of sp³-hybridized carbons (Fsp3) is 0.182. The minimum Gasteiger partial charge on any atom is -0.481 e. The van der Waals surface area contributed by atoms with E-state index in [4.69, 9.17) is 16.7 Å². The van der Waals surface area contributed by atoms with Crippen LogP contribution in [-0.4, -0.2) is 29.1 Å². The average molecular weight is 254 g/mol. The Morgan fingerprint density at radius 3 is 2.88 bits per heavy atom. The van der Waals surface area contributed by atoms with Gasteiger partial charge in [-0.1, -0.05) is 23.4 Å². The quantitative estimate of drug-likeness (QED) is 0.489. The first-order chi connectivity index (χ1) is 8.04. The third-order valence-corrected chi connectivity index (χ3v) is 2.02. The van der Waals surface area contributed by atoms with Crippen molar-refractivity contribution in [3.63, 3.8) is 0 Å². The van der Waals surface area contributed by atoms with E-state index in [1.54, 1.807) is 0 Å². The molecule has 0 bridgehead atoms. The Bertz CT molecular complexity index is 516. The number of hydrogen-bond donors (Lipinski definition) is 1. The van der Waals surface area contributed by atoms with Crippen molar-refractivity contribution in [2.45, 2.75) is 6.42 Å². The fourth-order valence-electron chi connectivity index (χ4n) is 0.980. The van der Waals surface area contributed by atoms with Gasteiger partial charge in [0.1, 0.15) is 11.6 Å². The van der Waals surface area contributed by atoms with Crippen LogP contribution in [0.1, 0.15) is 22.3 Å². The van der Waals surface area contributed by atoms with Gasteiger partial charge in [-0.2, -0.15) is 0 Å². The number of carbonyl (C=O) groups is 2. The maximum atomic E-state index is 11.2. The summed E-state index contributed by atoms with van der Waals surface area (Å²) in [5.41, 5.74) is 0.493. The molecule has 0 aliphatic carbocycles. The molecule has 6 heteroatoms. The zero-order valence-electron chi connectivity index (χ0n) is 8.86. The number of methoxy groups -OCH3 is 1. The highest BCUT2D eigenvalue weighted by atomic mass is 35.5. The van der Waals surface area contributed by atoms with Crippen LogP contribution < -0.4 is 0 Å². The number of carboxylic acids is 1. The van der Waals surface area contributed by atoms with E-state index in [1.807, 2.05) is 0 Å². The van der Waals surface area contributed by atoms with Crippen LogP contribution in [0.2, 0.25) is 5.15 Å². The molecule has 0 unspecified atom stereocenters. The number of rotatable bonds is 2. The second kappa shape index (κ2) is 5.87. The monoisotopic (exact) mass is 253 g/mol. The van der Waals surface area contributed by atoms with Crippen LogP contribution in [0.3, 0.4) is 0 Å². The molecule has 1 aromatic rings. The lowest BCUT2D eigenvalue weighted by atomic mass is 10.2. The lowest BCUT2D eigenvalue weighted by Crippen LogP contribution is -2.02. The molecular weight excluding hydrogens is 246 g/mol. The molecule has 0 atom stereocenters. The standard InChI is InChI=1S/C11H8ClNO4/c1-17-11(16)8-5-7(10(12)13-6-8)3-2-4-9(14)15/h5-6H,4H2,1H3,(H,14,15). The third kappa shape index (κ3) is 3.78. The highest BCUT2D eigenvalue weighted by Gasteiger charge is 2.08. The number of nitrogens with zero attached hydrogens (tertiary/aromatic N) is 1. The highest BCUT2D eigenvalue weighted by molar-refractivity contribution is 6.30. The SMILES string of the molecule is COC(=O)c1cnc(Cl)c(C#CCC(=O)O)c1. The molecule has 0 saturated heterocycles. The fourth-order valence-corrected chi connectivity index (χ4v) is 1.13. The van der Waals surface area contributed by atoms with Gasteiger partial charge in [-0.3, -0.25) is 4.79 Å². The number of carbonyl (C=O) groups excluding carboxylic acids is 1. The molecule has 1 aromatic heterocycles. The number of halogens is 1. The summed E-state index contributed by atoms with van der Waals surface area (Å²) >= 11 is 5.75. The smallest absolute Gasteiger partial charge is 0.339 e. The largest absolute Gasteiger partial charge is 0.481 e. The molecule has 0 aliphatic heterocycles. The summed E-state index contributed by atoms with van der Waals surface area (Å²) in [6.45, 7) is 0. The van der Waals surface area contributed by atoms with Gasteiger partial charge in [0.15, 0.2) is 0 Å². The number of aromatic nitrogens is 1. The van der Waals surface area contributed by atoms with Crippen molar-refractivity contribution in [1.82, 2.24) is 4.98 Å². The summed E-state index contributed by atoms with van der Waals surface area (Å²) in [5.74, 6) is 3.33. The van der Waals surface area contributed by atoms with Crippen molar-refractivity contribution in [3.8, 4) is 11.8 Å². The van der Waals surface area contributed by atoms with Crippen LogP contribution in [0.25, 0.3) is 0 Å². The molecule has 0 amide bonds. The summed E-state index contributed by atoms with van der Waals surface area (Å²) in [4.78, 5) is 25.2. The van der Waals surface area contributed by atoms with Crippen molar-refractivity contribution >= 4 is 23.5 Å². The number of hydrogen-bond acceptors (Lipinski definition) is 4. The lowest BCUT2D eigenvalue weighted by Gasteiger charge is -2.00. The number of ether oxygens (including phenoxy) is 1. The number of aliphatic carboxylic acids is 1. The van der Waals surface area contributed by atoms with Gasteiger partial charge >= 0.3 is 11.9 Å². The molecule has 1 rings (SSSR count). The highest BCUT2D eigenvalue weighted by Crippen LogP contribution is 2.13. The van der Waals surface area contributed by atoms with E-state index in [1.165, 1.54) is 19.4 Å². The maximum absolute atomic E-state index is 11.2. The van der Waals surface area contributed by atoms with Gasteiger partial charge in [0.05, 0.1) is 18.2 Å². The van der Waals surface area contributed by atoms with Gasteiger partial charge in [0, 0.05) is 6.20 Å². The Balaban J connectivity index is 3.01. The van der Waals surface area contributed by atoms with Gasteiger partial charge in [0.2, 0.25) is 0 Å². The zero-order valence-corrected chi connectivity index (χ0v) is 9.61. The van der Waals surface area contributed by atoms with Crippen molar-refractivity contribution in [3.05, 3.63) is 28.5 Å². The molecule has 0 radical (unpaired) electrons. The first kappa shape index (κ1) is 13.0. The second-order valence-electron chi connectivity index (χ2n) is 2.93. The first-order valence-electron chi connectivity index (χ1n) is 4.49. The van der Waals surface area contributed by atoms with E-state index in [-0.39, 0.29) is 22.7 Å². The Hall–Kier alpha value is -2.06. The Labute approximate surface area is 102 Å². The van der Waals surface area contributed by atoms with Crippen LogP contribution in [0.15, 0.2) is 12.3 Å². The van der Waals surface area contributed by atoms with Gasteiger partial charge in [-0.05, 0) is 6.07 Å². The van der Waals surface area contributed by atoms with Crippen LogP contribution in [-0.2, 0) is 9.53 Å². The second-order valence-corrected chi connectivity index (χ2v) is 3.28. The Morgan fingerprint density at radius 2 is 2.29 bits per heavy atom. The summed E-state index contributed by atoms with van der Waals surface area (Å²) in [6.07, 6.45) is 0.954. The van der Waals surface area contributed by atoms with Crippen molar-refractivity contribution in [1.29, 1.82) is 0 Å². The molecule has 0 aliphatic rings. The van der Waals surface area contributed by atoms with Crippen molar-refractivity contribution < 1.29 is 19.4 Å². The lowest BCUT2D eigenvalue weighted by molar-refractivity contribution is -0.135. The molecule has 17 heavy (non-hydrogen) atoms. The summed E-state index contributed by atoms with van der Waals surface area (Å²) in [7, 11) is 1.24. The Morgan fingerprint density at radius 1 is 1.59 bits per heavy atom. The van der Waals surface area contributed by atoms with E-state index < -0.39 is 11.9 Å². The predicted molar refractivity (Wildman–Crippen MR) is 59.7 cm³/mol. The summed E-state index contributed by atoms with van der Waals surface area (Å²) in [5, 5.41) is 8.52. The maximum Gasteiger partial charge on any atom is 0.339 e. The van der Waals surface area contributed by atoms with E-state index >= 15 is 0 Å². The van der Waals surface area contributed by atoms with Gasteiger partial charge in [-0.25, -0.2) is 9.78 Å². The van der Waals surface area contributed by atoms with Crippen LogP contribution >= 0.6 is 11.6 Å². The molecule has 0 fully saturated rings. The number of carboxylic acid groups (broad SMARTS) is 1. The summed E-state index contributed by atoms with van der Waals surface area (Å²) < 4.78 is 4.51. The summed E-state index contributed by atoms with van der Waals surface area (Å²) in [6, 6.07) is 1.40. The Kier molecular flexibility index (Phi) is 4.49. The first-order valence-corrected chi connectivity index (χ1v) is 4.87. The van der Waals surface area contributed by atoms with E-state index in [0.29, 0.717) is 0 Å². The van der Waals surface area contributed by atoms with E-state index in [9.17, 15) is 9.59 Å². The molecule has 0 saturated carbocycles. The minimum atomic E-state index is -1.04. The van der Waals surface area contributed by atoms with Crippen LogP contribution in [0.4, 0.5) is 0 Å². The average Bonchev–Trinajstić information content (AvgIpc) is 2.30. The van der Waals surface area contributed by atoms with Gasteiger partial charge in [0.25, 0.3) is 0 Å². The topological polar surface area (TPSA) is 76.5 Å². The molecule has 1 N–H and O–H groups in total. The minimum absolute atomic E-state index is 0.107. The molecule has 0 spiro atoms. The molecule has 88 valence electrons. The zero-order chi connectivity index (χ0) is 12.8. The molecule has 0 aromatic carbocycles. The number of esters is 1. The molecule has 5 nitrogen and oxygen atoms in total. The van der Waals surface area contributed by atoms with Crippen LogP contribution in [0.5, 0.6) is 0 Å². The number of pyridine rings is 1. The molecule has 1 heterocycles. The van der Waals surface area contributed by atoms with Crippen molar-refractivity contribution in [2.24, 2.45) is 0 Å². The normalized spacial score (nSPS) is 9.06. The van der Waals surface area contributed by atoms with Crippen LogP contribution in [0, 0.1) is 11.8 Å². The van der Waals surface area contributed by atoms with E-state index in [2.05, 4.69) is 21.6 Å². The molecular formula is C11H8ClNO4.